The monoisotopic (exact) mass is 403 g/mol. The predicted octanol–water partition coefficient (Wildman–Crippen LogP) is 1.86. The zero-order valence-electron chi connectivity index (χ0n) is 16.3. The van der Waals surface area contributed by atoms with E-state index in [1.165, 1.54) is 11.0 Å². The lowest BCUT2D eigenvalue weighted by Gasteiger charge is -2.35. The van der Waals surface area contributed by atoms with Crippen LogP contribution in [-0.2, 0) is 4.74 Å². The fraction of sp³-hybridized carbons (Fsp3) is 0.450. The Bertz CT molecular complexity index is 876. The number of hydrogen-bond donors (Lipinski definition) is 0. The molecule has 1 aromatic carbocycles. The van der Waals surface area contributed by atoms with Gasteiger partial charge in [-0.1, -0.05) is 6.07 Å². The minimum Gasteiger partial charge on any atom is -0.378 e. The van der Waals surface area contributed by atoms with Crippen LogP contribution in [0.5, 0.6) is 0 Å². The number of anilines is 2. The minimum atomic E-state index is -0.838. The number of hydrogen-bond acceptors (Lipinski definition) is 6. The summed E-state index contributed by atoms with van der Waals surface area (Å²) in [5.74, 6) is -0.831. The molecule has 2 fully saturated rings. The average molecular weight is 403 g/mol. The van der Waals surface area contributed by atoms with Crippen molar-refractivity contribution < 1.29 is 18.3 Å². The molecule has 0 atom stereocenters. The molecule has 0 radical (unpaired) electrons. The summed E-state index contributed by atoms with van der Waals surface area (Å²) in [6, 6.07) is 5.40. The van der Waals surface area contributed by atoms with E-state index in [2.05, 4.69) is 9.88 Å². The summed E-state index contributed by atoms with van der Waals surface area (Å²) < 4.78 is 33.3. The van der Waals surface area contributed by atoms with Gasteiger partial charge in [0.1, 0.15) is 23.0 Å². The third-order valence-electron chi connectivity index (χ3n) is 5.19. The number of ether oxygens (including phenoxy) is 1. The molecule has 0 spiro atoms. The van der Waals surface area contributed by atoms with Gasteiger partial charge in [-0.3, -0.25) is 4.79 Å². The summed E-state index contributed by atoms with van der Waals surface area (Å²) in [6.07, 6.45) is 0. The first-order valence-electron chi connectivity index (χ1n) is 9.69. The molecule has 1 amide bonds. The lowest BCUT2D eigenvalue weighted by molar-refractivity contribution is 0.0736. The highest BCUT2D eigenvalue weighted by molar-refractivity contribution is 5.95. The van der Waals surface area contributed by atoms with Gasteiger partial charge < -0.3 is 19.4 Å². The van der Waals surface area contributed by atoms with Crippen LogP contribution in [0.1, 0.15) is 16.1 Å². The summed E-state index contributed by atoms with van der Waals surface area (Å²) in [5.41, 5.74) is 0.366. The van der Waals surface area contributed by atoms with Crippen LogP contribution in [0.25, 0.3) is 0 Å². The Kier molecular flexibility index (Phi) is 5.57. The van der Waals surface area contributed by atoms with Gasteiger partial charge in [0.05, 0.1) is 13.2 Å². The Balaban J connectivity index is 1.46. The second-order valence-corrected chi connectivity index (χ2v) is 7.14. The second-order valence-electron chi connectivity index (χ2n) is 7.14. The third kappa shape index (κ3) is 4.14. The summed E-state index contributed by atoms with van der Waals surface area (Å²) in [7, 11) is 0. The highest BCUT2D eigenvalue weighted by Crippen LogP contribution is 2.21. The Hall–Kier alpha value is -2.81. The van der Waals surface area contributed by atoms with E-state index >= 15 is 0 Å². The Morgan fingerprint density at radius 1 is 0.966 bits per heavy atom. The Morgan fingerprint density at radius 2 is 1.62 bits per heavy atom. The maximum atomic E-state index is 13.9. The van der Waals surface area contributed by atoms with Gasteiger partial charge in [-0.2, -0.15) is 4.98 Å². The molecule has 0 N–H and O–H groups in total. The van der Waals surface area contributed by atoms with Crippen molar-refractivity contribution in [2.75, 3.05) is 62.3 Å². The van der Waals surface area contributed by atoms with Gasteiger partial charge in [-0.05, 0) is 19.1 Å². The molecule has 3 heterocycles. The van der Waals surface area contributed by atoms with Gasteiger partial charge >= 0.3 is 0 Å². The molecule has 0 bridgehead atoms. The van der Waals surface area contributed by atoms with Crippen molar-refractivity contribution >= 4 is 17.7 Å². The van der Waals surface area contributed by atoms with E-state index in [9.17, 15) is 13.6 Å². The molecular formula is C20H23F2N5O2. The van der Waals surface area contributed by atoms with Gasteiger partial charge in [-0.15, -0.1) is 0 Å². The fourth-order valence-electron chi connectivity index (χ4n) is 3.60. The van der Waals surface area contributed by atoms with E-state index in [0.29, 0.717) is 45.3 Å². The number of morpholine rings is 1. The first-order valence-corrected chi connectivity index (χ1v) is 9.69. The average Bonchev–Trinajstić information content (AvgIpc) is 2.74. The number of nitrogens with zero attached hydrogens (tertiary/aromatic N) is 5. The van der Waals surface area contributed by atoms with E-state index in [1.54, 1.807) is 0 Å². The number of carbonyl (C=O) groups excluding carboxylic acids is 1. The van der Waals surface area contributed by atoms with Crippen LogP contribution in [0.4, 0.5) is 20.5 Å². The van der Waals surface area contributed by atoms with Crippen LogP contribution in [0.3, 0.4) is 0 Å². The topological polar surface area (TPSA) is 61.8 Å². The molecular weight excluding hydrogens is 380 g/mol. The van der Waals surface area contributed by atoms with Crippen molar-refractivity contribution in [2.45, 2.75) is 6.92 Å². The smallest absolute Gasteiger partial charge is 0.259 e. The molecule has 4 rings (SSSR count). The zero-order chi connectivity index (χ0) is 20.4. The number of carbonyl (C=O) groups is 1. The molecule has 154 valence electrons. The molecule has 2 aliphatic heterocycles. The number of aryl methyl sites for hydroxylation is 1. The number of aromatic nitrogens is 2. The quantitative estimate of drug-likeness (QED) is 0.780. The lowest BCUT2D eigenvalue weighted by Crippen LogP contribution is -2.49. The van der Waals surface area contributed by atoms with Crippen molar-refractivity contribution in [2.24, 2.45) is 0 Å². The van der Waals surface area contributed by atoms with Crippen LogP contribution in [0, 0.1) is 18.6 Å². The molecule has 2 aromatic rings. The molecule has 0 saturated carbocycles. The van der Waals surface area contributed by atoms with E-state index in [0.717, 1.165) is 36.7 Å². The van der Waals surface area contributed by atoms with Crippen LogP contribution < -0.4 is 9.80 Å². The molecule has 7 nitrogen and oxygen atoms in total. The van der Waals surface area contributed by atoms with E-state index in [4.69, 9.17) is 9.72 Å². The number of rotatable bonds is 3. The second kappa shape index (κ2) is 8.28. The Labute approximate surface area is 167 Å². The highest BCUT2D eigenvalue weighted by atomic mass is 19.1. The highest BCUT2D eigenvalue weighted by Gasteiger charge is 2.28. The molecule has 1 aromatic heterocycles. The molecule has 2 aliphatic rings. The van der Waals surface area contributed by atoms with Crippen molar-refractivity contribution in [1.82, 2.24) is 14.9 Å². The van der Waals surface area contributed by atoms with Crippen LogP contribution in [-0.4, -0.2) is 73.3 Å². The van der Waals surface area contributed by atoms with Gasteiger partial charge in [-0.25, -0.2) is 13.8 Å². The maximum absolute atomic E-state index is 13.9. The van der Waals surface area contributed by atoms with Gasteiger partial charge in [0.2, 0.25) is 5.95 Å². The zero-order valence-corrected chi connectivity index (χ0v) is 16.3. The summed E-state index contributed by atoms with van der Waals surface area (Å²) in [5, 5.41) is 0. The van der Waals surface area contributed by atoms with Crippen molar-refractivity contribution in [3.8, 4) is 0 Å². The first kappa shape index (κ1) is 19.5. The first-order chi connectivity index (χ1) is 14.0. The number of benzene rings is 1. The van der Waals surface area contributed by atoms with Crippen molar-refractivity contribution in [3.63, 3.8) is 0 Å². The molecule has 2 saturated heterocycles. The molecule has 0 aliphatic carbocycles. The van der Waals surface area contributed by atoms with Crippen LogP contribution in [0.15, 0.2) is 24.3 Å². The molecule has 29 heavy (non-hydrogen) atoms. The van der Waals surface area contributed by atoms with E-state index in [1.807, 2.05) is 17.9 Å². The minimum absolute atomic E-state index is 0.344. The Morgan fingerprint density at radius 3 is 2.28 bits per heavy atom. The molecule has 0 unspecified atom stereocenters. The van der Waals surface area contributed by atoms with Crippen molar-refractivity contribution in [1.29, 1.82) is 0 Å². The number of piperazine rings is 1. The number of amides is 1. The maximum Gasteiger partial charge on any atom is 0.259 e. The van der Waals surface area contributed by atoms with Crippen LogP contribution >= 0.6 is 0 Å². The van der Waals surface area contributed by atoms with Gasteiger partial charge in [0.15, 0.2) is 0 Å². The predicted molar refractivity (Wildman–Crippen MR) is 104 cm³/mol. The van der Waals surface area contributed by atoms with Gasteiger partial charge in [0.25, 0.3) is 5.91 Å². The van der Waals surface area contributed by atoms with Gasteiger partial charge in [0, 0.05) is 51.0 Å². The third-order valence-corrected chi connectivity index (χ3v) is 5.19. The standard InChI is InChI=1S/C20H23F2N5O2/c1-14-13-17(25-9-11-29-12-10-25)24-20(23-14)27-7-5-26(6-8-27)19(28)18-15(21)3-2-4-16(18)22/h2-4,13H,5-12H2,1H3. The number of halogens is 2. The largest absolute Gasteiger partial charge is 0.378 e. The normalized spacial score (nSPS) is 17.6. The lowest BCUT2D eigenvalue weighted by atomic mass is 10.1. The summed E-state index contributed by atoms with van der Waals surface area (Å²) in [6.45, 7) is 6.52. The van der Waals surface area contributed by atoms with Crippen LogP contribution in [0.2, 0.25) is 0 Å². The fourth-order valence-corrected chi connectivity index (χ4v) is 3.60. The SMILES string of the molecule is Cc1cc(N2CCOCC2)nc(N2CCN(C(=O)c3c(F)cccc3F)CC2)n1. The summed E-state index contributed by atoms with van der Waals surface area (Å²) in [4.78, 5) is 27.5. The van der Waals surface area contributed by atoms with E-state index in [-0.39, 0.29) is 0 Å². The van der Waals surface area contributed by atoms with Crippen molar-refractivity contribution in [3.05, 3.63) is 47.2 Å². The summed E-state index contributed by atoms with van der Waals surface area (Å²) >= 11 is 0. The molecule has 9 heteroatoms. The van der Waals surface area contributed by atoms with E-state index < -0.39 is 23.1 Å².